The number of carbonyl (C=O) groups is 1. The second kappa shape index (κ2) is 4.98. The van der Waals surface area contributed by atoms with Crippen LogP contribution in [-0.2, 0) is 0 Å². The Morgan fingerprint density at radius 3 is 2.00 bits per heavy atom. The van der Waals surface area contributed by atoms with Crippen LogP contribution >= 0.6 is 0 Å². The van der Waals surface area contributed by atoms with E-state index in [0.29, 0.717) is 4.74 Å². The van der Waals surface area contributed by atoms with E-state index in [0.717, 1.165) is 12.1 Å². The molecule has 1 aliphatic heterocycles. The fourth-order valence-electron chi connectivity index (χ4n) is 2.32. The van der Waals surface area contributed by atoms with Gasteiger partial charge in [-0.3, -0.25) is 25.0 Å². The molecule has 0 aromatic heterocycles. The van der Waals surface area contributed by atoms with Gasteiger partial charge in [-0.05, 0) is 18.2 Å². The molecular weight excluding hydrogens is 306 g/mol. The Morgan fingerprint density at radius 2 is 1.43 bits per heavy atom. The van der Waals surface area contributed by atoms with Crippen LogP contribution in [0.1, 0.15) is 15.9 Å². The van der Waals surface area contributed by atoms with Gasteiger partial charge in [0, 0.05) is 18.2 Å². The van der Waals surface area contributed by atoms with Gasteiger partial charge in [0.1, 0.15) is 5.56 Å². The lowest BCUT2D eigenvalue weighted by Gasteiger charge is -2.01. The van der Waals surface area contributed by atoms with E-state index in [4.69, 9.17) is 0 Å². The Hall–Kier alpha value is -3.62. The molecular formula is C14H7N3O6. The molecule has 114 valence electrons. The molecule has 0 fully saturated rings. The summed E-state index contributed by atoms with van der Waals surface area (Å²) < 4.78 is 0.311. The average molecular weight is 313 g/mol. The summed E-state index contributed by atoms with van der Waals surface area (Å²) >= 11 is 0. The third kappa shape index (κ3) is 2.20. The number of nitro groups is 2. The lowest BCUT2D eigenvalue weighted by molar-refractivity contribution is -0.387. The maximum atomic E-state index is 12.3. The van der Waals surface area contributed by atoms with Crippen molar-refractivity contribution < 1.29 is 19.4 Å². The van der Waals surface area contributed by atoms with Crippen LogP contribution < -0.4 is 0 Å². The zero-order valence-corrected chi connectivity index (χ0v) is 11.3. The van der Waals surface area contributed by atoms with Crippen molar-refractivity contribution in [1.82, 2.24) is 0 Å². The smallest absolute Gasteiger partial charge is 0.276 e. The van der Waals surface area contributed by atoms with Gasteiger partial charge in [0.05, 0.1) is 21.5 Å². The van der Waals surface area contributed by atoms with Crippen LogP contribution in [0.25, 0.3) is 0 Å². The molecule has 2 aromatic carbocycles. The minimum atomic E-state index is -0.664. The molecule has 3 rings (SSSR count). The number of benzene rings is 2. The van der Waals surface area contributed by atoms with E-state index in [9.17, 15) is 30.2 Å². The molecule has 0 spiro atoms. The van der Waals surface area contributed by atoms with Crippen LogP contribution in [0.4, 0.5) is 17.1 Å². The fraction of sp³-hybridized carbons (Fsp3) is 0. The molecule has 0 atom stereocenters. The summed E-state index contributed by atoms with van der Waals surface area (Å²) in [7, 11) is 0. The molecule has 0 saturated heterocycles. The summed E-state index contributed by atoms with van der Waals surface area (Å²) in [5, 5.41) is 33.7. The molecule has 9 nitrogen and oxygen atoms in total. The summed E-state index contributed by atoms with van der Waals surface area (Å²) in [6.07, 6.45) is 0. The predicted octanol–water partition coefficient (Wildman–Crippen LogP) is 2.33. The first-order chi connectivity index (χ1) is 10.9. The topological polar surface area (TPSA) is 129 Å². The highest BCUT2D eigenvalue weighted by Gasteiger charge is 2.37. The van der Waals surface area contributed by atoms with Crippen LogP contribution in [0.5, 0.6) is 0 Å². The van der Waals surface area contributed by atoms with Crippen LogP contribution in [0, 0.1) is 25.4 Å². The Kier molecular flexibility index (Phi) is 3.10. The van der Waals surface area contributed by atoms with Gasteiger partial charge in [0.2, 0.25) is 5.69 Å². The Morgan fingerprint density at radius 1 is 0.870 bits per heavy atom. The van der Waals surface area contributed by atoms with E-state index in [1.54, 1.807) is 0 Å². The lowest BCUT2D eigenvalue weighted by atomic mass is 10.0. The normalized spacial score (nSPS) is 13.1. The lowest BCUT2D eigenvalue weighted by Crippen LogP contribution is -2.16. The standard InChI is InChI=1S/C14H7N3O6/c18-14-11-6-5-10(17(22)23)7-12(11)15(19)13(14)8-1-3-9(4-2-8)16(20)21/h1-7H. The summed E-state index contributed by atoms with van der Waals surface area (Å²) in [6.45, 7) is 0. The molecule has 0 radical (unpaired) electrons. The third-order valence-electron chi connectivity index (χ3n) is 3.43. The van der Waals surface area contributed by atoms with E-state index in [2.05, 4.69) is 0 Å². The van der Waals surface area contributed by atoms with Crippen molar-refractivity contribution in [2.24, 2.45) is 0 Å². The van der Waals surface area contributed by atoms with Crippen molar-refractivity contribution in [2.45, 2.75) is 0 Å². The van der Waals surface area contributed by atoms with Crippen molar-refractivity contribution in [3.63, 3.8) is 0 Å². The first-order valence-corrected chi connectivity index (χ1v) is 6.32. The molecule has 9 heteroatoms. The quantitative estimate of drug-likeness (QED) is 0.370. The highest BCUT2D eigenvalue weighted by Crippen LogP contribution is 2.31. The van der Waals surface area contributed by atoms with Crippen molar-refractivity contribution in [2.75, 3.05) is 0 Å². The van der Waals surface area contributed by atoms with Crippen molar-refractivity contribution in [3.05, 3.63) is 79.0 Å². The van der Waals surface area contributed by atoms with Crippen molar-refractivity contribution >= 4 is 28.6 Å². The molecule has 0 amide bonds. The first kappa shape index (κ1) is 14.3. The van der Waals surface area contributed by atoms with Gasteiger partial charge in [-0.25, -0.2) is 0 Å². The molecule has 0 bridgehead atoms. The maximum Gasteiger partial charge on any atom is 0.276 e. The Bertz CT molecular complexity index is 901. The van der Waals surface area contributed by atoms with Gasteiger partial charge >= 0.3 is 0 Å². The molecule has 23 heavy (non-hydrogen) atoms. The van der Waals surface area contributed by atoms with E-state index < -0.39 is 15.6 Å². The third-order valence-corrected chi connectivity index (χ3v) is 3.43. The molecule has 1 heterocycles. The number of Topliss-reactive ketones (excluding diaryl/α,β-unsaturated/α-hetero) is 1. The number of hydrogen-bond donors (Lipinski definition) is 0. The van der Waals surface area contributed by atoms with Gasteiger partial charge in [0.15, 0.2) is 0 Å². The zero-order valence-electron chi connectivity index (χ0n) is 11.3. The van der Waals surface area contributed by atoms with Crippen molar-refractivity contribution in [1.29, 1.82) is 0 Å². The molecule has 0 saturated carbocycles. The Labute approximate surface area is 128 Å². The monoisotopic (exact) mass is 313 g/mol. The summed E-state index contributed by atoms with van der Waals surface area (Å²) in [4.78, 5) is 32.5. The first-order valence-electron chi connectivity index (χ1n) is 6.32. The van der Waals surface area contributed by atoms with E-state index in [-0.39, 0.29) is 33.9 Å². The molecule has 0 unspecified atom stereocenters. The molecule has 2 aromatic rings. The number of non-ortho nitro benzene ring substituents is 2. The van der Waals surface area contributed by atoms with Gasteiger partial charge < -0.3 is 5.21 Å². The van der Waals surface area contributed by atoms with Gasteiger partial charge in [0.25, 0.3) is 22.9 Å². The highest BCUT2D eigenvalue weighted by atomic mass is 16.6. The van der Waals surface area contributed by atoms with Crippen molar-refractivity contribution in [3.8, 4) is 0 Å². The largest absolute Gasteiger partial charge is 0.618 e. The number of rotatable bonds is 3. The SMILES string of the molecule is O=C1C(c2ccc([N+](=O)[O-])cc2)=[N+]([O-])c2cc([N+](=O)[O-])ccc21. The Balaban J connectivity index is 2.11. The minimum absolute atomic E-state index is 0.0546. The highest BCUT2D eigenvalue weighted by molar-refractivity contribution is 6.52. The van der Waals surface area contributed by atoms with E-state index >= 15 is 0 Å². The second-order valence-corrected chi connectivity index (χ2v) is 4.73. The number of fused-ring (bicyclic) bond motifs is 1. The second-order valence-electron chi connectivity index (χ2n) is 4.73. The number of ketones is 1. The molecule has 1 aliphatic rings. The van der Waals surface area contributed by atoms with E-state index in [1.165, 1.54) is 30.3 Å². The number of nitro benzene ring substituents is 2. The number of hydrogen-bond acceptors (Lipinski definition) is 6. The van der Waals surface area contributed by atoms with Crippen LogP contribution in [0.15, 0.2) is 42.5 Å². The van der Waals surface area contributed by atoms with Crippen LogP contribution in [-0.4, -0.2) is 26.1 Å². The number of carbonyl (C=O) groups excluding carboxylic acids is 1. The summed E-state index contributed by atoms with van der Waals surface area (Å²) in [5.74, 6) is -0.584. The molecule has 0 aliphatic carbocycles. The van der Waals surface area contributed by atoms with Crippen LogP contribution in [0.3, 0.4) is 0 Å². The van der Waals surface area contributed by atoms with Gasteiger partial charge in [-0.15, -0.1) is 0 Å². The van der Waals surface area contributed by atoms with Crippen LogP contribution in [0.2, 0.25) is 0 Å². The van der Waals surface area contributed by atoms with Gasteiger partial charge in [-0.1, -0.05) is 0 Å². The summed E-state index contributed by atoms with van der Waals surface area (Å²) in [6, 6.07) is 8.32. The zero-order chi connectivity index (χ0) is 16.7. The minimum Gasteiger partial charge on any atom is -0.618 e. The maximum absolute atomic E-state index is 12.3. The average Bonchev–Trinajstić information content (AvgIpc) is 2.78. The fourth-order valence-corrected chi connectivity index (χ4v) is 2.32. The van der Waals surface area contributed by atoms with E-state index in [1.807, 2.05) is 0 Å². The molecule has 0 N–H and O–H groups in total. The van der Waals surface area contributed by atoms with Gasteiger partial charge in [-0.2, -0.15) is 4.74 Å². The summed E-state index contributed by atoms with van der Waals surface area (Å²) in [5.41, 5.74) is -0.561. The number of nitrogens with zero attached hydrogens (tertiary/aromatic N) is 3. The predicted molar refractivity (Wildman–Crippen MR) is 77.9 cm³/mol.